The summed E-state index contributed by atoms with van der Waals surface area (Å²) in [6.45, 7) is 6.74. The maximum absolute atomic E-state index is 5.45. The van der Waals surface area contributed by atoms with Crippen molar-refractivity contribution >= 4 is 0 Å². The van der Waals surface area contributed by atoms with E-state index in [4.69, 9.17) is 4.74 Å². The lowest BCUT2D eigenvalue weighted by Crippen LogP contribution is -2.49. The number of hydrogen-bond donors (Lipinski definition) is 0. The van der Waals surface area contributed by atoms with E-state index in [0.717, 1.165) is 31.7 Å². The van der Waals surface area contributed by atoms with Gasteiger partial charge in [-0.15, -0.1) is 0 Å². The highest BCUT2D eigenvalue weighted by atomic mass is 16.5. The molecule has 0 saturated carbocycles. The molecule has 0 aliphatic carbocycles. The second-order valence-electron chi connectivity index (χ2n) is 3.89. The Morgan fingerprint density at radius 1 is 1.36 bits per heavy atom. The van der Waals surface area contributed by atoms with E-state index >= 15 is 0 Å². The van der Waals surface area contributed by atoms with Crippen LogP contribution in [0.3, 0.4) is 0 Å². The summed E-state index contributed by atoms with van der Waals surface area (Å²) < 4.78 is 5.45. The molecule has 2 aliphatic heterocycles. The fourth-order valence-electron chi connectivity index (χ4n) is 2.17. The van der Waals surface area contributed by atoms with Crippen molar-refractivity contribution in [3.8, 4) is 0 Å². The van der Waals surface area contributed by atoms with E-state index in [1.165, 1.54) is 19.4 Å². The molecule has 0 spiro atoms. The Balaban J connectivity index is 1.93. The predicted molar refractivity (Wildman–Crippen MR) is 44.6 cm³/mol. The molecule has 2 aliphatic rings. The number of fused-ring (bicyclic) bond motifs is 1. The van der Waals surface area contributed by atoms with Crippen LogP contribution in [0.4, 0.5) is 0 Å². The topological polar surface area (TPSA) is 12.5 Å². The molecule has 2 fully saturated rings. The molecule has 2 nitrogen and oxygen atoms in total. The molecule has 0 amide bonds. The van der Waals surface area contributed by atoms with Crippen LogP contribution in [-0.2, 0) is 4.74 Å². The molecule has 2 atom stereocenters. The van der Waals surface area contributed by atoms with E-state index in [1.807, 2.05) is 0 Å². The second kappa shape index (κ2) is 3.11. The van der Waals surface area contributed by atoms with E-state index in [1.54, 1.807) is 0 Å². The summed E-state index contributed by atoms with van der Waals surface area (Å²) in [4.78, 5) is 2.59. The average molecular weight is 155 g/mol. The molecule has 0 radical (unpaired) electrons. The van der Waals surface area contributed by atoms with Gasteiger partial charge in [-0.2, -0.15) is 0 Å². The second-order valence-corrected chi connectivity index (χ2v) is 3.89. The normalized spacial score (nSPS) is 40.1. The fourth-order valence-corrected chi connectivity index (χ4v) is 2.17. The molecule has 0 aromatic carbocycles. The van der Waals surface area contributed by atoms with Gasteiger partial charge >= 0.3 is 0 Å². The minimum Gasteiger partial charge on any atom is -0.378 e. The summed E-state index contributed by atoms with van der Waals surface area (Å²) in [5, 5.41) is 0. The first-order valence-corrected chi connectivity index (χ1v) is 4.68. The lowest BCUT2D eigenvalue weighted by atomic mass is 9.92. The number of piperidine rings is 1. The smallest absolute Gasteiger partial charge is 0.0622 e. The van der Waals surface area contributed by atoms with Crippen LogP contribution in [0.15, 0.2) is 0 Å². The number of nitrogens with zero attached hydrogens (tertiary/aromatic N) is 1. The molecule has 1 unspecified atom stereocenters. The third-order valence-corrected chi connectivity index (χ3v) is 2.93. The van der Waals surface area contributed by atoms with Crippen molar-refractivity contribution < 1.29 is 4.74 Å². The number of rotatable bonds is 0. The van der Waals surface area contributed by atoms with Crippen LogP contribution in [0.1, 0.15) is 19.8 Å². The molecule has 2 heterocycles. The molecule has 11 heavy (non-hydrogen) atoms. The van der Waals surface area contributed by atoms with Crippen LogP contribution in [0, 0.1) is 5.92 Å². The first kappa shape index (κ1) is 7.56. The van der Waals surface area contributed by atoms with Crippen molar-refractivity contribution in [3.05, 3.63) is 0 Å². The molecule has 0 aromatic rings. The standard InChI is InChI=1S/C9H17NO/c1-8-2-3-10-4-5-11-7-9(10)6-8/h8-9H,2-7H2,1H3/t8-,9?/m1/s1. The first-order valence-electron chi connectivity index (χ1n) is 4.68. The van der Waals surface area contributed by atoms with Gasteiger partial charge in [0.05, 0.1) is 13.2 Å². The van der Waals surface area contributed by atoms with Crippen LogP contribution < -0.4 is 0 Å². The van der Waals surface area contributed by atoms with Crippen molar-refractivity contribution in [3.63, 3.8) is 0 Å². The van der Waals surface area contributed by atoms with Gasteiger partial charge in [-0.3, -0.25) is 4.90 Å². The Bertz CT molecular complexity index is 138. The summed E-state index contributed by atoms with van der Waals surface area (Å²) in [6.07, 6.45) is 2.73. The van der Waals surface area contributed by atoms with Gasteiger partial charge in [0, 0.05) is 12.6 Å². The summed E-state index contributed by atoms with van der Waals surface area (Å²) in [6, 6.07) is 0.743. The maximum Gasteiger partial charge on any atom is 0.0622 e. The Labute approximate surface area is 68.5 Å². The van der Waals surface area contributed by atoms with Crippen LogP contribution in [0.5, 0.6) is 0 Å². The fraction of sp³-hybridized carbons (Fsp3) is 1.00. The molecule has 0 bridgehead atoms. The number of ether oxygens (including phenoxy) is 1. The molecule has 0 N–H and O–H groups in total. The van der Waals surface area contributed by atoms with Crippen molar-refractivity contribution in [2.45, 2.75) is 25.8 Å². The molecular weight excluding hydrogens is 138 g/mol. The highest BCUT2D eigenvalue weighted by Crippen LogP contribution is 2.23. The zero-order valence-electron chi connectivity index (χ0n) is 7.25. The van der Waals surface area contributed by atoms with E-state index in [-0.39, 0.29) is 0 Å². The van der Waals surface area contributed by atoms with Gasteiger partial charge in [0.1, 0.15) is 0 Å². The SMILES string of the molecule is C[C@@H]1CCN2CCOCC2C1. The van der Waals surface area contributed by atoms with Crippen molar-refractivity contribution in [2.24, 2.45) is 5.92 Å². The van der Waals surface area contributed by atoms with Gasteiger partial charge in [0.15, 0.2) is 0 Å². The van der Waals surface area contributed by atoms with Crippen LogP contribution in [0.2, 0.25) is 0 Å². The molecular formula is C9H17NO. The number of hydrogen-bond acceptors (Lipinski definition) is 2. The zero-order chi connectivity index (χ0) is 7.68. The van der Waals surface area contributed by atoms with E-state index in [2.05, 4.69) is 11.8 Å². The Morgan fingerprint density at radius 3 is 3.18 bits per heavy atom. The largest absolute Gasteiger partial charge is 0.378 e. The molecule has 2 rings (SSSR count). The molecule has 2 saturated heterocycles. The van der Waals surface area contributed by atoms with Gasteiger partial charge < -0.3 is 4.74 Å². The van der Waals surface area contributed by atoms with Gasteiger partial charge in [-0.05, 0) is 25.3 Å². The third-order valence-electron chi connectivity index (χ3n) is 2.93. The van der Waals surface area contributed by atoms with Gasteiger partial charge in [-0.1, -0.05) is 6.92 Å². The van der Waals surface area contributed by atoms with Crippen molar-refractivity contribution in [1.29, 1.82) is 0 Å². The number of morpholine rings is 1. The van der Waals surface area contributed by atoms with E-state index < -0.39 is 0 Å². The van der Waals surface area contributed by atoms with Gasteiger partial charge in [0.2, 0.25) is 0 Å². The van der Waals surface area contributed by atoms with E-state index in [0.29, 0.717) is 0 Å². The Kier molecular flexibility index (Phi) is 2.14. The highest BCUT2D eigenvalue weighted by Gasteiger charge is 2.28. The molecule has 2 heteroatoms. The molecule has 0 aromatic heterocycles. The Morgan fingerprint density at radius 2 is 2.27 bits per heavy atom. The van der Waals surface area contributed by atoms with Gasteiger partial charge in [0.25, 0.3) is 0 Å². The summed E-state index contributed by atoms with van der Waals surface area (Å²) >= 11 is 0. The third kappa shape index (κ3) is 1.57. The van der Waals surface area contributed by atoms with Crippen molar-refractivity contribution in [2.75, 3.05) is 26.3 Å². The minimum absolute atomic E-state index is 0.743. The predicted octanol–water partition coefficient (Wildman–Crippen LogP) is 1.12. The van der Waals surface area contributed by atoms with Crippen LogP contribution in [-0.4, -0.2) is 37.2 Å². The lowest BCUT2D eigenvalue weighted by molar-refractivity contribution is -0.0330. The summed E-state index contributed by atoms with van der Waals surface area (Å²) in [5.74, 6) is 0.915. The zero-order valence-corrected chi connectivity index (χ0v) is 7.25. The average Bonchev–Trinajstić information content (AvgIpc) is 2.04. The van der Waals surface area contributed by atoms with Crippen LogP contribution >= 0.6 is 0 Å². The monoisotopic (exact) mass is 155 g/mol. The lowest BCUT2D eigenvalue weighted by Gasteiger charge is -2.41. The van der Waals surface area contributed by atoms with E-state index in [9.17, 15) is 0 Å². The van der Waals surface area contributed by atoms with Crippen LogP contribution in [0.25, 0.3) is 0 Å². The molecule has 64 valence electrons. The first-order chi connectivity index (χ1) is 5.36. The maximum atomic E-state index is 5.45. The van der Waals surface area contributed by atoms with Crippen molar-refractivity contribution in [1.82, 2.24) is 4.90 Å². The summed E-state index contributed by atoms with van der Waals surface area (Å²) in [5.41, 5.74) is 0. The Hall–Kier alpha value is -0.0800. The highest BCUT2D eigenvalue weighted by molar-refractivity contribution is 4.81. The quantitative estimate of drug-likeness (QED) is 0.519. The minimum atomic E-state index is 0.743. The van der Waals surface area contributed by atoms with Gasteiger partial charge in [-0.25, -0.2) is 0 Å². The summed E-state index contributed by atoms with van der Waals surface area (Å²) in [7, 11) is 0.